The molecule has 1 aromatic carbocycles. The summed E-state index contributed by atoms with van der Waals surface area (Å²) in [7, 11) is 2.92. The molecule has 2 amide bonds. The van der Waals surface area contributed by atoms with Crippen LogP contribution in [0.25, 0.3) is 11.3 Å². The molecule has 4 heterocycles. The van der Waals surface area contributed by atoms with Gasteiger partial charge in [-0.1, -0.05) is 29.1 Å². The first-order valence-corrected chi connectivity index (χ1v) is 13.5. The summed E-state index contributed by atoms with van der Waals surface area (Å²) in [5, 5.41) is 40.5. The molecule has 3 N–H and O–H groups in total. The van der Waals surface area contributed by atoms with Gasteiger partial charge in [0.05, 0.1) is 11.8 Å². The molecule has 5 rings (SSSR count). The van der Waals surface area contributed by atoms with Crippen LogP contribution in [0.4, 0.5) is 0 Å². The quantitative estimate of drug-likeness (QED) is 0.158. The molecule has 2 aliphatic rings. The van der Waals surface area contributed by atoms with Gasteiger partial charge >= 0.3 is 11.9 Å². The summed E-state index contributed by atoms with van der Waals surface area (Å²) in [5.74, 6) is -3.18. The Morgan fingerprint density at radius 2 is 2.02 bits per heavy atom. The van der Waals surface area contributed by atoms with E-state index in [0.717, 1.165) is 4.90 Å². The van der Waals surface area contributed by atoms with Gasteiger partial charge in [0.15, 0.2) is 0 Å². The van der Waals surface area contributed by atoms with E-state index < -0.39 is 34.9 Å². The number of carbonyl (C=O) groups is 4. The maximum absolute atomic E-state index is 13.3. The number of carboxylic acids is 2. The Kier molecular flexibility index (Phi) is 7.30. The van der Waals surface area contributed by atoms with Gasteiger partial charge in [-0.05, 0) is 28.1 Å². The number of aryl methyl sites for hydroxylation is 1. The summed E-state index contributed by atoms with van der Waals surface area (Å²) in [6.07, 6.45) is 1.46. The Bertz CT molecular complexity index is 1550. The van der Waals surface area contributed by atoms with Crippen LogP contribution < -0.4 is 5.32 Å². The first-order valence-electron chi connectivity index (χ1n) is 11.5. The second-order valence-corrected chi connectivity index (χ2v) is 10.7. The van der Waals surface area contributed by atoms with Gasteiger partial charge in [-0.3, -0.25) is 14.5 Å². The lowest BCUT2D eigenvalue weighted by Crippen LogP contribution is -2.80. The minimum atomic E-state index is -1.77. The minimum absolute atomic E-state index is 0.0760. The fourth-order valence-electron chi connectivity index (χ4n) is 4.26. The maximum atomic E-state index is 13.3. The average Bonchev–Trinajstić information content (AvgIpc) is 3.58. The third-order valence-corrected chi connectivity index (χ3v) is 8.64. The van der Waals surface area contributed by atoms with Crippen molar-refractivity contribution < 1.29 is 34.1 Å². The highest BCUT2D eigenvalue weighted by Crippen LogP contribution is 2.47. The van der Waals surface area contributed by atoms with Gasteiger partial charge in [-0.2, -0.15) is 0 Å². The Labute approximate surface area is 233 Å². The van der Waals surface area contributed by atoms with Crippen molar-refractivity contribution >= 4 is 47.3 Å². The van der Waals surface area contributed by atoms with E-state index in [-0.39, 0.29) is 29.3 Å². The number of β-lactam (4-membered cyclic amide) rings is 1. The third-order valence-electron chi connectivity index (χ3n) is 6.17. The van der Waals surface area contributed by atoms with Gasteiger partial charge in [0, 0.05) is 31.2 Å². The number of carbonyl (C=O) groups excluding carboxylic acids is 2. The average molecular weight is 588 g/mol. The van der Waals surface area contributed by atoms with Crippen molar-refractivity contribution in [1.82, 2.24) is 45.4 Å². The second kappa shape index (κ2) is 10.7. The van der Waals surface area contributed by atoms with E-state index in [0.29, 0.717) is 22.0 Å². The van der Waals surface area contributed by atoms with Crippen molar-refractivity contribution in [3.63, 3.8) is 0 Å². The summed E-state index contributed by atoms with van der Waals surface area (Å²) in [5.41, 5.74) is -0.498. The summed E-state index contributed by atoms with van der Waals surface area (Å²) in [4.78, 5) is 50.8. The molecule has 40 heavy (non-hydrogen) atoms. The van der Waals surface area contributed by atoms with Crippen molar-refractivity contribution in [2.75, 3.05) is 18.6 Å². The van der Waals surface area contributed by atoms with Gasteiger partial charge in [0.2, 0.25) is 11.1 Å². The molecule has 2 aromatic heterocycles. The van der Waals surface area contributed by atoms with E-state index in [1.165, 1.54) is 58.3 Å². The van der Waals surface area contributed by atoms with Crippen molar-refractivity contribution in [2.45, 2.75) is 22.8 Å². The number of methoxy groups -OCH3 is 1. The smallest absolute Gasteiger partial charge is 0.352 e. The number of nitrogens with one attached hydrogen (secondary N) is 1. The molecule has 16 nitrogen and oxygen atoms in total. The van der Waals surface area contributed by atoms with Gasteiger partial charge in [-0.25, -0.2) is 19.0 Å². The number of thioether (sulfide) groups is 2. The van der Waals surface area contributed by atoms with Gasteiger partial charge in [0.25, 0.3) is 11.6 Å². The molecule has 2 aliphatic heterocycles. The molecule has 1 saturated heterocycles. The summed E-state index contributed by atoms with van der Waals surface area (Å²) in [6.45, 7) is -0.323. The number of benzene rings is 1. The van der Waals surface area contributed by atoms with Gasteiger partial charge < -0.3 is 20.3 Å². The van der Waals surface area contributed by atoms with Crippen LogP contribution in [-0.2, 0) is 32.7 Å². The number of fused-ring (bicyclic) bond motifs is 1. The zero-order valence-corrected chi connectivity index (χ0v) is 22.5. The Morgan fingerprint density at radius 3 is 2.70 bits per heavy atom. The number of nitrogens with zero attached hydrogens (tertiary/aromatic N) is 8. The lowest BCUT2D eigenvalue weighted by Gasteiger charge is -2.55. The number of rotatable bonds is 10. The van der Waals surface area contributed by atoms with Crippen molar-refractivity contribution in [3.8, 4) is 11.3 Å². The molecule has 2 atom stereocenters. The van der Waals surface area contributed by atoms with Crippen molar-refractivity contribution in [2.24, 2.45) is 7.05 Å². The monoisotopic (exact) mass is 587 g/mol. The molecule has 0 aliphatic carbocycles. The SMILES string of the molecule is CO[C@@]1(NC(=O)Cn2cc(-c3cccc(C(=O)O)c3)nn2)C(=O)N2C(C(=O)O)=C(CSc3nnnn3C)CS[C@@H]21. The molecular weight excluding hydrogens is 566 g/mol. The highest BCUT2D eigenvalue weighted by Gasteiger charge is 2.66. The number of ether oxygens (including phenoxy) is 1. The van der Waals surface area contributed by atoms with Crippen LogP contribution in [0.3, 0.4) is 0 Å². The van der Waals surface area contributed by atoms with E-state index in [2.05, 4.69) is 31.2 Å². The minimum Gasteiger partial charge on any atom is -0.478 e. The third kappa shape index (κ3) is 4.80. The van der Waals surface area contributed by atoms with Crippen LogP contribution in [0, 0.1) is 0 Å². The van der Waals surface area contributed by atoms with E-state index in [1.807, 2.05) is 0 Å². The number of tetrazole rings is 1. The number of aromatic nitrogens is 7. The summed E-state index contributed by atoms with van der Waals surface area (Å²) in [6, 6.07) is 6.11. The number of amides is 2. The highest BCUT2D eigenvalue weighted by atomic mass is 32.2. The molecular formula is C22H21N9O7S2. The Morgan fingerprint density at radius 1 is 1.23 bits per heavy atom. The van der Waals surface area contributed by atoms with Crippen LogP contribution in [0.1, 0.15) is 10.4 Å². The summed E-state index contributed by atoms with van der Waals surface area (Å²) < 4.78 is 8.16. The fourth-order valence-corrected chi connectivity index (χ4v) is 6.69. The van der Waals surface area contributed by atoms with Crippen LogP contribution >= 0.6 is 23.5 Å². The number of carboxylic acid groups (broad SMARTS) is 2. The number of aromatic carboxylic acids is 1. The van der Waals surface area contributed by atoms with Gasteiger partial charge in [-0.15, -0.1) is 22.0 Å². The number of aliphatic carboxylic acids is 1. The molecule has 0 radical (unpaired) electrons. The van der Waals surface area contributed by atoms with E-state index in [1.54, 1.807) is 19.2 Å². The lowest BCUT2D eigenvalue weighted by molar-refractivity contribution is -0.192. The molecule has 3 aromatic rings. The van der Waals surface area contributed by atoms with Crippen LogP contribution in [0.5, 0.6) is 0 Å². The molecule has 1 fully saturated rings. The van der Waals surface area contributed by atoms with Crippen LogP contribution in [-0.4, -0.2) is 104 Å². The second-order valence-electron chi connectivity index (χ2n) is 8.64. The fraction of sp³-hybridized carbons (Fsp3) is 0.318. The first kappa shape index (κ1) is 27.3. The van der Waals surface area contributed by atoms with Crippen molar-refractivity contribution in [1.29, 1.82) is 0 Å². The first-order chi connectivity index (χ1) is 19.1. The topological polar surface area (TPSA) is 208 Å². The largest absolute Gasteiger partial charge is 0.478 e. The number of hydrogen-bond donors (Lipinski definition) is 3. The molecule has 18 heteroatoms. The van der Waals surface area contributed by atoms with E-state index in [9.17, 15) is 29.4 Å². The van der Waals surface area contributed by atoms with Crippen molar-refractivity contribution in [3.05, 3.63) is 47.3 Å². The Balaban J connectivity index is 1.29. The van der Waals surface area contributed by atoms with Crippen LogP contribution in [0.2, 0.25) is 0 Å². The molecule has 208 valence electrons. The maximum Gasteiger partial charge on any atom is 0.352 e. The molecule has 0 saturated carbocycles. The predicted octanol–water partition coefficient (Wildman–Crippen LogP) is -0.328. The zero-order valence-electron chi connectivity index (χ0n) is 20.9. The molecule has 0 spiro atoms. The molecule has 0 bridgehead atoms. The summed E-state index contributed by atoms with van der Waals surface area (Å²) >= 11 is 2.50. The number of hydrogen-bond acceptors (Lipinski definition) is 12. The standard InChI is InChI=1S/C22H21N9O7S2/c1-29-21(25-26-28-29)40-10-13-9-39-20-22(38-2,19(37)31(20)16(13)18(35)36)23-15(32)8-30-7-14(24-27-30)11-4-3-5-12(6-11)17(33)34/h3-7,20H,8-10H2,1-2H3,(H,23,32)(H,33,34)(H,35,36)/t20-,22+/m1/s1. The molecule has 0 unspecified atom stereocenters. The van der Waals surface area contributed by atoms with E-state index in [4.69, 9.17) is 4.74 Å². The highest BCUT2D eigenvalue weighted by molar-refractivity contribution is 8.01. The van der Waals surface area contributed by atoms with Crippen LogP contribution in [0.15, 0.2) is 46.9 Å². The lowest BCUT2D eigenvalue weighted by atomic mass is 9.98. The zero-order chi connectivity index (χ0) is 28.6. The Hall–Kier alpha value is -4.29. The normalized spacial score (nSPS) is 20.2. The van der Waals surface area contributed by atoms with E-state index >= 15 is 0 Å². The van der Waals surface area contributed by atoms with Gasteiger partial charge in [0.1, 0.15) is 23.3 Å². The predicted molar refractivity (Wildman–Crippen MR) is 138 cm³/mol.